The molecule has 1 N–H and O–H groups in total. The number of rotatable bonds is 4. The van der Waals surface area contributed by atoms with Gasteiger partial charge in [0.15, 0.2) is 0 Å². The van der Waals surface area contributed by atoms with E-state index in [-0.39, 0.29) is 5.56 Å². The number of aromatic amines is 1. The van der Waals surface area contributed by atoms with Crippen LogP contribution in [0.3, 0.4) is 0 Å². The lowest BCUT2D eigenvalue weighted by molar-refractivity contribution is 0.114. The Morgan fingerprint density at radius 2 is 1.94 bits per heavy atom. The van der Waals surface area contributed by atoms with Gasteiger partial charge < -0.3 is 9.55 Å². The SMILES string of the molecule is O=c1c(CN2CC[C@H](F)C2)ccc2n1C[C@H]1C[C@@H]2CN(Cc2ccc3cc[nH]c3c2)C1. The number of hydrogen-bond acceptors (Lipinski definition) is 3. The van der Waals surface area contributed by atoms with Crippen molar-refractivity contribution < 1.29 is 4.39 Å². The predicted molar refractivity (Wildman–Crippen MR) is 120 cm³/mol. The Morgan fingerprint density at radius 1 is 1.00 bits per heavy atom. The zero-order chi connectivity index (χ0) is 20.9. The van der Waals surface area contributed by atoms with Crippen LogP contribution in [0.1, 0.15) is 35.6 Å². The summed E-state index contributed by atoms with van der Waals surface area (Å²) in [4.78, 5) is 21.1. The van der Waals surface area contributed by atoms with Crippen molar-refractivity contribution in [2.24, 2.45) is 5.92 Å². The number of alkyl halides is 1. The summed E-state index contributed by atoms with van der Waals surface area (Å²) in [5.74, 6) is 0.918. The quantitative estimate of drug-likeness (QED) is 0.703. The van der Waals surface area contributed by atoms with Gasteiger partial charge in [-0.25, -0.2) is 4.39 Å². The van der Waals surface area contributed by atoms with E-state index in [1.807, 2.05) is 16.8 Å². The van der Waals surface area contributed by atoms with Crippen LogP contribution in [-0.4, -0.2) is 51.7 Å². The van der Waals surface area contributed by atoms with E-state index in [2.05, 4.69) is 45.1 Å². The minimum absolute atomic E-state index is 0.139. The second-order valence-electron chi connectivity index (χ2n) is 9.71. The summed E-state index contributed by atoms with van der Waals surface area (Å²) >= 11 is 0. The molecule has 5 nitrogen and oxygen atoms in total. The smallest absolute Gasteiger partial charge is 0.255 e. The van der Waals surface area contributed by atoms with Crippen molar-refractivity contribution in [3.8, 4) is 0 Å². The van der Waals surface area contributed by atoms with Crippen molar-refractivity contribution in [3.05, 3.63) is 69.8 Å². The van der Waals surface area contributed by atoms with Gasteiger partial charge in [0, 0.05) is 74.7 Å². The van der Waals surface area contributed by atoms with Gasteiger partial charge in [-0.2, -0.15) is 0 Å². The molecule has 1 aromatic carbocycles. The third-order valence-electron chi connectivity index (χ3n) is 7.39. The van der Waals surface area contributed by atoms with Gasteiger partial charge in [-0.05, 0) is 47.9 Å². The molecule has 5 heterocycles. The molecule has 0 aliphatic carbocycles. The first-order valence-corrected chi connectivity index (χ1v) is 11.5. The van der Waals surface area contributed by atoms with Gasteiger partial charge in [0.1, 0.15) is 6.17 Å². The lowest BCUT2D eigenvalue weighted by Gasteiger charge is -2.43. The van der Waals surface area contributed by atoms with Crippen LogP contribution in [0, 0.1) is 5.92 Å². The number of pyridine rings is 1. The second kappa shape index (κ2) is 7.61. The highest BCUT2D eigenvalue weighted by Crippen LogP contribution is 2.36. The maximum absolute atomic E-state index is 13.5. The lowest BCUT2D eigenvalue weighted by Crippen LogP contribution is -2.47. The van der Waals surface area contributed by atoms with E-state index in [1.54, 1.807) is 0 Å². The number of piperidine rings is 1. The predicted octanol–water partition coefficient (Wildman–Crippen LogP) is 3.49. The standard InChI is InChI=1S/C25H29FN4O/c26-22-6-8-28(16-22)14-20-3-4-24-21-9-18(13-30(24)25(20)31)12-29(15-21)11-17-1-2-19-5-7-27-23(19)10-17/h1-5,7,10,18,21-22,27H,6,8-9,11-16H2/t18-,21+,22-/m0/s1. The zero-order valence-electron chi connectivity index (χ0n) is 17.8. The van der Waals surface area contributed by atoms with Gasteiger partial charge in [-0.15, -0.1) is 0 Å². The summed E-state index contributed by atoms with van der Waals surface area (Å²) in [6, 6.07) is 12.9. The molecule has 0 amide bonds. The molecular weight excluding hydrogens is 391 g/mol. The molecule has 0 saturated carbocycles. The molecule has 3 atom stereocenters. The fraction of sp³-hybridized carbons (Fsp3) is 0.480. The van der Waals surface area contributed by atoms with Crippen molar-refractivity contribution in [1.29, 1.82) is 0 Å². The number of likely N-dealkylation sites (tertiary alicyclic amines) is 2. The van der Waals surface area contributed by atoms with Crippen molar-refractivity contribution in [2.45, 2.75) is 44.6 Å². The molecule has 3 aliphatic heterocycles. The van der Waals surface area contributed by atoms with Crippen molar-refractivity contribution in [3.63, 3.8) is 0 Å². The lowest BCUT2D eigenvalue weighted by atomic mass is 9.82. The molecule has 6 heteroatoms. The maximum atomic E-state index is 13.5. The Morgan fingerprint density at radius 3 is 2.81 bits per heavy atom. The number of hydrogen-bond donors (Lipinski definition) is 1. The first kappa shape index (κ1) is 19.3. The monoisotopic (exact) mass is 420 g/mol. The van der Waals surface area contributed by atoms with E-state index >= 15 is 0 Å². The third-order valence-corrected chi connectivity index (χ3v) is 7.39. The number of halogens is 1. The van der Waals surface area contributed by atoms with Gasteiger partial charge >= 0.3 is 0 Å². The van der Waals surface area contributed by atoms with E-state index in [4.69, 9.17) is 0 Å². The first-order chi connectivity index (χ1) is 15.1. The van der Waals surface area contributed by atoms with Crippen molar-refractivity contribution >= 4 is 10.9 Å². The topological polar surface area (TPSA) is 44.3 Å². The summed E-state index contributed by atoms with van der Waals surface area (Å²) in [5.41, 5.74) is 4.66. The highest BCUT2D eigenvalue weighted by Gasteiger charge is 2.35. The van der Waals surface area contributed by atoms with E-state index in [0.717, 1.165) is 38.3 Å². The molecule has 2 bridgehead atoms. The van der Waals surface area contributed by atoms with Crippen molar-refractivity contribution in [1.82, 2.24) is 19.4 Å². The summed E-state index contributed by atoms with van der Waals surface area (Å²) < 4.78 is 15.6. The molecule has 6 rings (SSSR count). The molecule has 3 aromatic rings. The Hall–Kier alpha value is -2.44. The highest BCUT2D eigenvalue weighted by atomic mass is 19.1. The van der Waals surface area contributed by atoms with Crippen molar-refractivity contribution in [2.75, 3.05) is 26.2 Å². The van der Waals surface area contributed by atoms with Gasteiger partial charge in [0.05, 0.1) is 0 Å². The molecule has 3 aliphatic rings. The van der Waals surface area contributed by atoms with Gasteiger partial charge in [0.25, 0.3) is 5.56 Å². The van der Waals surface area contributed by atoms with Crippen LogP contribution >= 0.6 is 0 Å². The molecule has 2 saturated heterocycles. The van der Waals surface area contributed by atoms with Crippen LogP contribution in [0.15, 0.2) is 47.4 Å². The summed E-state index contributed by atoms with van der Waals surface area (Å²) in [5, 5.41) is 1.25. The molecule has 0 radical (unpaired) electrons. The average molecular weight is 421 g/mol. The average Bonchev–Trinajstić information content (AvgIpc) is 3.38. The number of nitrogens with zero attached hydrogens (tertiary/aromatic N) is 3. The summed E-state index contributed by atoms with van der Waals surface area (Å²) in [7, 11) is 0. The van der Waals surface area contributed by atoms with Crippen LogP contribution in [-0.2, 0) is 19.6 Å². The van der Waals surface area contributed by atoms with E-state index in [1.165, 1.54) is 28.6 Å². The van der Waals surface area contributed by atoms with Crippen LogP contribution in [0.25, 0.3) is 10.9 Å². The molecule has 0 spiro atoms. The van der Waals surface area contributed by atoms with Gasteiger partial charge in [-0.1, -0.05) is 18.2 Å². The van der Waals surface area contributed by atoms with E-state index < -0.39 is 6.17 Å². The number of fused-ring (bicyclic) bond motifs is 5. The number of nitrogens with one attached hydrogen (secondary N) is 1. The van der Waals surface area contributed by atoms with E-state index in [0.29, 0.717) is 31.3 Å². The van der Waals surface area contributed by atoms with E-state index in [9.17, 15) is 9.18 Å². The Balaban J connectivity index is 1.20. The fourth-order valence-corrected chi connectivity index (χ4v) is 5.96. The van der Waals surface area contributed by atoms with Gasteiger partial charge in [-0.3, -0.25) is 14.6 Å². The second-order valence-corrected chi connectivity index (χ2v) is 9.71. The third kappa shape index (κ3) is 3.62. The number of benzene rings is 1. The van der Waals surface area contributed by atoms with Gasteiger partial charge in [0.2, 0.25) is 0 Å². The number of aromatic nitrogens is 2. The Kier molecular flexibility index (Phi) is 4.73. The van der Waals surface area contributed by atoms with Crippen LogP contribution in [0.5, 0.6) is 0 Å². The highest BCUT2D eigenvalue weighted by molar-refractivity contribution is 5.79. The summed E-state index contributed by atoms with van der Waals surface area (Å²) in [6.45, 7) is 5.55. The Bertz CT molecular complexity index is 1170. The molecule has 31 heavy (non-hydrogen) atoms. The largest absolute Gasteiger partial charge is 0.361 e. The van der Waals surface area contributed by atoms with Crippen LogP contribution in [0.4, 0.5) is 4.39 Å². The molecular formula is C25H29FN4O. The minimum Gasteiger partial charge on any atom is -0.361 e. The van der Waals surface area contributed by atoms with Crippen LogP contribution < -0.4 is 5.56 Å². The first-order valence-electron chi connectivity index (χ1n) is 11.5. The Labute approximate surface area is 181 Å². The molecule has 2 fully saturated rings. The maximum Gasteiger partial charge on any atom is 0.255 e. The minimum atomic E-state index is -0.747. The molecule has 0 unspecified atom stereocenters. The molecule has 2 aromatic heterocycles. The zero-order valence-corrected chi connectivity index (χ0v) is 17.8. The normalized spacial score (nSPS) is 26.4. The van der Waals surface area contributed by atoms with Crippen LogP contribution in [0.2, 0.25) is 0 Å². The number of H-pyrrole nitrogens is 1. The molecule has 162 valence electrons. The summed E-state index contributed by atoms with van der Waals surface area (Å²) in [6.07, 6.45) is 3.00. The fourth-order valence-electron chi connectivity index (χ4n) is 5.96.